The first-order valence-corrected chi connectivity index (χ1v) is 11.9. The van der Waals surface area contributed by atoms with Crippen LogP contribution in [0, 0.1) is 0 Å². The van der Waals surface area contributed by atoms with Gasteiger partial charge in [-0.15, -0.1) is 0 Å². The Morgan fingerprint density at radius 3 is 2.24 bits per heavy atom. The number of carbonyl (C=O) groups is 2. The molecule has 182 valence electrons. The molecule has 37 heavy (non-hydrogen) atoms. The average molecular weight is 489 g/mol. The summed E-state index contributed by atoms with van der Waals surface area (Å²) < 4.78 is 11.3. The Morgan fingerprint density at radius 2 is 1.43 bits per heavy atom. The molecule has 6 nitrogen and oxygen atoms in total. The van der Waals surface area contributed by atoms with Crippen molar-refractivity contribution < 1.29 is 19.1 Å². The molecule has 0 fully saturated rings. The number of nitrogens with zero attached hydrogens (tertiary/aromatic N) is 1. The molecular weight excluding hydrogens is 464 g/mol. The summed E-state index contributed by atoms with van der Waals surface area (Å²) in [6, 6.07) is 33.7. The summed E-state index contributed by atoms with van der Waals surface area (Å²) in [6.07, 6.45) is 0.783. The Kier molecular flexibility index (Phi) is 6.90. The Hall–Kier alpha value is -4.97. The topological polar surface area (TPSA) is 77.0 Å². The molecule has 0 heterocycles. The van der Waals surface area contributed by atoms with Crippen molar-refractivity contribution in [1.29, 1.82) is 0 Å². The third-order valence-corrected chi connectivity index (χ3v) is 5.89. The van der Waals surface area contributed by atoms with Crippen LogP contribution in [-0.2, 0) is 4.79 Å². The molecular formula is C31H24N2O4. The van der Waals surface area contributed by atoms with Gasteiger partial charge >= 0.3 is 5.97 Å². The molecule has 0 saturated carbocycles. The number of benzene rings is 5. The van der Waals surface area contributed by atoms with Crippen molar-refractivity contribution in [3.8, 4) is 11.5 Å². The number of esters is 1. The third kappa shape index (κ3) is 5.65. The molecule has 0 aliphatic rings. The highest BCUT2D eigenvalue weighted by Crippen LogP contribution is 2.22. The summed E-state index contributed by atoms with van der Waals surface area (Å²) in [5, 5.41) is 7.97. The van der Waals surface area contributed by atoms with Crippen molar-refractivity contribution in [2.45, 2.75) is 13.0 Å². The summed E-state index contributed by atoms with van der Waals surface area (Å²) in [6.45, 7) is 1.67. The van der Waals surface area contributed by atoms with Crippen LogP contribution in [0.4, 0.5) is 0 Å². The van der Waals surface area contributed by atoms with Crippen LogP contribution in [-0.4, -0.2) is 24.2 Å². The molecule has 1 amide bonds. The van der Waals surface area contributed by atoms with E-state index in [-0.39, 0.29) is 5.91 Å². The lowest BCUT2D eigenvalue weighted by atomic mass is 10.0. The van der Waals surface area contributed by atoms with E-state index in [1.165, 1.54) is 6.21 Å². The minimum atomic E-state index is -0.728. The zero-order valence-electron chi connectivity index (χ0n) is 20.1. The molecule has 5 rings (SSSR count). The first kappa shape index (κ1) is 23.8. The monoisotopic (exact) mass is 488 g/mol. The molecule has 6 heteroatoms. The second kappa shape index (κ2) is 10.7. The maximum absolute atomic E-state index is 12.7. The van der Waals surface area contributed by atoms with Crippen LogP contribution in [0.25, 0.3) is 21.5 Å². The lowest BCUT2D eigenvalue weighted by molar-refractivity contribution is -0.127. The number of hydrazone groups is 1. The zero-order valence-corrected chi connectivity index (χ0v) is 20.1. The fraction of sp³-hybridized carbons (Fsp3) is 0.0645. The normalized spacial score (nSPS) is 11.9. The van der Waals surface area contributed by atoms with Crippen LogP contribution in [0.1, 0.15) is 22.8 Å². The Labute approximate surface area is 214 Å². The number of ether oxygens (including phenoxy) is 2. The summed E-state index contributed by atoms with van der Waals surface area (Å²) in [5.74, 6) is 0.228. The van der Waals surface area contributed by atoms with Gasteiger partial charge in [0.25, 0.3) is 5.91 Å². The number of rotatable bonds is 7. The quantitative estimate of drug-likeness (QED) is 0.129. The van der Waals surface area contributed by atoms with Gasteiger partial charge in [0, 0.05) is 0 Å². The van der Waals surface area contributed by atoms with E-state index < -0.39 is 12.1 Å². The molecule has 0 aromatic heterocycles. The van der Waals surface area contributed by atoms with Gasteiger partial charge in [-0.1, -0.05) is 66.7 Å². The van der Waals surface area contributed by atoms with E-state index in [9.17, 15) is 9.59 Å². The molecule has 0 bridgehead atoms. The summed E-state index contributed by atoms with van der Waals surface area (Å²) >= 11 is 0. The molecule has 1 atom stereocenters. The van der Waals surface area contributed by atoms with Crippen molar-refractivity contribution in [3.63, 3.8) is 0 Å². The van der Waals surface area contributed by atoms with Crippen molar-refractivity contribution in [2.24, 2.45) is 5.10 Å². The number of fused-ring (bicyclic) bond motifs is 2. The summed E-state index contributed by atoms with van der Waals surface area (Å²) in [7, 11) is 0. The highest BCUT2D eigenvalue weighted by Gasteiger charge is 2.14. The Morgan fingerprint density at radius 1 is 0.757 bits per heavy atom. The van der Waals surface area contributed by atoms with Gasteiger partial charge in [0.2, 0.25) is 0 Å². The lowest BCUT2D eigenvalue weighted by Crippen LogP contribution is -2.33. The molecule has 0 radical (unpaired) electrons. The molecule has 1 unspecified atom stereocenters. The van der Waals surface area contributed by atoms with E-state index in [0.717, 1.165) is 27.1 Å². The number of nitrogens with one attached hydrogen (secondary N) is 1. The van der Waals surface area contributed by atoms with Crippen LogP contribution in [0.2, 0.25) is 0 Å². The molecule has 5 aromatic carbocycles. The van der Waals surface area contributed by atoms with E-state index in [2.05, 4.69) is 10.5 Å². The zero-order chi connectivity index (χ0) is 25.6. The molecule has 5 aromatic rings. The maximum Gasteiger partial charge on any atom is 0.344 e. The largest absolute Gasteiger partial charge is 0.481 e. The minimum absolute atomic E-state index is 0.370. The van der Waals surface area contributed by atoms with Gasteiger partial charge < -0.3 is 9.47 Å². The van der Waals surface area contributed by atoms with Crippen molar-refractivity contribution in [2.75, 3.05) is 0 Å². The predicted molar refractivity (Wildman–Crippen MR) is 145 cm³/mol. The first-order chi connectivity index (χ1) is 18.1. The number of hydrogen-bond donors (Lipinski definition) is 1. The molecule has 0 spiro atoms. The number of amides is 1. The fourth-order valence-electron chi connectivity index (χ4n) is 3.95. The van der Waals surface area contributed by atoms with E-state index in [1.807, 2.05) is 78.9 Å². The van der Waals surface area contributed by atoms with Crippen molar-refractivity contribution in [3.05, 3.63) is 120 Å². The Balaban J connectivity index is 1.15. The van der Waals surface area contributed by atoms with E-state index >= 15 is 0 Å². The first-order valence-electron chi connectivity index (χ1n) is 11.9. The van der Waals surface area contributed by atoms with Gasteiger partial charge in [-0.25, -0.2) is 10.2 Å². The standard InChI is InChI=1S/C31H24N2O4/c1-21(36-27-18-15-23-7-2-3-9-25(23)19-27)30(34)33-32-20-22-13-16-26(17-14-22)37-31(35)29-12-6-10-24-8-4-5-11-28(24)29/h2-21H,1H3,(H,33,34). The van der Waals surface area contributed by atoms with Crippen LogP contribution >= 0.6 is 0 Å². The van der Waals surface area contributed by atoms with Gasteiger partial charge in [-0.2, -0.15) is 5.10 Å². The van der Waals surface area contributed by atoms with Gasteiger partial charge in [0.15, 0.2) is 6.10 Å². The third-order valence-electron chi connectivity index (χ3n) is 5.89. The highest BCUT2D eigenvalue weighted by molar-refractivity contribution is 6.05. The lowest BCUT2D eigenvalue weighted by Gasteiger charge is -2.13. The van der Waals surface area contributed by atoms with Crippen LogP contribution < -0.4 is 14.9 Å². The predicted octanol–water partition coefficient (Wildman–Crippen LogP) is 6.13. The van der Waals surface area contributed by atoms with Gasteiger partial charge in [-0.05, 0) is 76.5 Å². The number of carbonyl (C=O) groups excluding carboxylic acids is 2. The molecule has 0 aliphatic carbocycles. The van der Waals surface area contributed by atoms with E-state index in [1.54, 1.807) is 37.3 Å². The maximum atomic E-state index is 12.7. The molecule has 0 saturated heterocycles. The second-order valence-corrected chi connectivity index (χ2v) is 8.49. The van der Waals surface area contributed by atoms with Crippen LogP contribution in [0.5, 0.6) is 11.5 Å². The summed E-state index contributed by atoms with van der Waals surface area (Å²) in [5.41, 5.74) is 3.73. The second-order valence-electron chi connectivity index (χ2n) is 8.49. The highest BCUT2D eigenvalue weighted by atomic mass is 16.5. The van der Waals surface area contributed by atoms with Crippen molar-refractivity contribution in [1.82, 2.24) is 5.43 Å². The SMILES string of the molecule is CC(Oc1ccc2ccccc2c1)C(=O)NN=Cc1ccc(OC(=O)c2cccc3ccccc23)cc1. The molecule has 1 N–H and O–H groups in total. The fourth-order valence-corrected chi connectivity index (χ4v) is 3.95. The average Bonchev–Trinajstić information content (AvgIpc) is 2.93. The van der Waals surface area contributed by atoms with Crippen LogP contribution in [0.3, 0.4) is 0 Å². The van der Waals surface area contributed by atoms with Crippen LogP contribution in [0.15, 0.2) is 114 Å². The van der Waals surface area contributed by atoms with Crippen molar-refractivity contribution >= 4 is 39.6 Å². The van der Waals surface area contributed by atoms with Gasteiger partial charge in [-0.3, -0.25) is 4.79 Å². The van der Waals surface area contributed by atoms with Gasteiger partial charge in [0.1, 0.15) is 11.5 Å². The molecule has 0 aliphatic heterocycles. The van der Waals surface area contributed by atoms with E-state index in [0.29, 0.717) is 17.1 Å². The van der Waals surface area contributed by atoms with Gasteiger partial charge in [0.05, 0.1) is 11.8 Å². The summed E-state index contributed by atoms with van der Waals surface area (Å²) in [4.78, 5) is 25.1. The van der Waals surface area contributed by atoms with E-state index in [4.69, 9.17) is 9.47 Å². The smallest absolute Gasteiger partial charge is 0.344 e. The minimum Gasteiger partial charge on any atom is -0.481 e. The Bertz CT molecular complexity index is 1600. The number of hydrogen-bond acceptors (Lipinski definition) is 5.